The molecule has 0 aromatic heterocycles. The summed E-state index contributed by atoms with van der Waals surface area (Å²) in [6, 6.07) is 9.78. The second kappa shape index (κ2) is 15.4. The van der Waals surface area contributed by atoms with Gasteiger partial charge in [0.25, 0.3) is 0 Å². The molecule has 0 radical (unpaired) electrons. The van der Waals surface area contributed by atoms with Gasteiger partial charge < -0.3 is 9.64 Å². The fraction of sp³-hybridized carbons (Fsp3) is 0.650. The van der Waals surface area contributed by atoms with Gasteiger partial charge >= 0.3 is 6.09 Å². The highest BCUT2D eigenvalue weighted by Crippen LogP contribution is 2.12. The predicted molar refractivity (Wildman–Crippen MR) is 109 cm³/mol. The van der Waals surface area contributed by atoms with Crippen molar-refractivity contribution < 1.29 is 9.53 Å². The molecule has 3 nitrogen and oxygen atoms in total. The molecule has 0 aliphatic carbocycles. The monoisotopic (exact) mass is 385 g/mol. The number of hydrogen-bond donors (Lipinski definition) is 0. The smallest absolute Gasteiger partial charge is 0.410 e. The van der Waals surface area contributed by atoms with E-state index >= 15 is 0 Å². The first kappa shape index (κ1) is 22.2. The van der Waals surface area contributed by atoms with Crippen LogP contribution < -0.4 is 0 Å². The SMILES string of the molecule is CCCCCCCCCCN(CCSCl)C(=O)OCc1ccccc1. The molecule has 1 rings (SSSR count). The second-order valence-electron chi connectivity index (χ2n) is 6.32. The molecule has 5 heteroatoms. The summed E-state index contributed by atoms with van der Waals surface area (Å²) in [4.78, 5) is 14.1. The molecule has 0 saturated carbocycles. The standard InChI is InChI=1S/C20H32ClNO2S/c1-2-3-4-5-6-7-8-12-15-22(16-17-25-21)20(23)24-18-19-13-10-9-11-14-19/h9-11,13-14H,2-8,12,15-18H2,1H3. The van der Waals surface area contributed by atoms with Crippen LogP contribution in [0.3, 0.4) is 0 Å². The Hall–Kier alpha value is -0.870. The molecule has 0 atom stereocenters. The number of halogens is 1. The third-order valence-electron chi connectivity index (χ3n) is 4.18. The normalized spacial score (nSPS) is 10.6. The summed E-state index contributed by atoms with van der Waals surface area (Å²) in [6.07, 6.45) is 9.83. The zero-order valence-electron chi connectivity index (χ0n) is 15.4. The van der Waals surface area contributed by atoms with Gasteiger partial charge in [0.2, 0.25) is 0 Å². The first-order valence-electron chi connectivity index (χ1n) is 9.47. The molecule has 0 N–H and O–H groups in total. The Labute approximate surface area is 162 Å². The van der Waals surface area contributed by atoms with E-state index in [9.17, 15) is 4.79 Å². The van der Waals surface area contributed by atoms with Crippen LogP contribution in [0.4, 0.5) is 4.79 Å². The second-order valence-corrected chi connectivity index (χ2v) is 7.60. The van der Waals surface area contributed by atoms with Crippen LogP contribution >= 0.6 is 21.7 Å². The minimum absolute atomic E-state index is 0.238. The Kier molecular flexibility index (Phi) is 13.6. The van der Waals surface area contributed by atoms with Crippen LogP contribution in [0.5, 0.6) is 0 Å². The summed E-state index contributed by atoms with van der Waals surface area (Å²) >= 11 is 0. The van der Waals surface area contributed by atoms with Crippen LogP contribution in [0.15, 0.2) is 30.3 Å². The van der Waals surface area contributed by atoms with Crippen LogP contribution in [0, 0.1) is 0 Å². The maximum Gasteiger partial charge on any atom is 0.410 e. The number of nitrogens with zero attached hydrogens (tertiary/aromatic N) is 1. The van der Waals surface area contributed by atoms with Crippen LogP contribution in [-0.2, 0) is 11.3 Å². The summed E-state index contributed by atoms with van der Waals surface area (Å²) in [5.41, 5.74) is 1.01. The van der Waals surface area contributed by atoms with Crippen LogP contribution in [0.2, 0.25) is 0 Å². The Morgan fingerprint density at radius 1 is 1.00 bits per heavy atom. The molecule has 0 aliphatic rings. The molecule has 25 heavy (non-hydrogen) atoms. The average molecular weight is 386 g/mol. The third kappa shape index (κ3) is 11.4. The van der Waals surface area contributed by atoms with Gasteiger partial charge in [-0.1, -0.05) is 93.2 Å². The van der Waals surface area contributed by atoms with E-state index in [2.05, 4.69) is 6.92 Å². The van der Waals surface area contributed by atoms with Crippen molar-refractivity contribution >= 4 is 27.8 Å². The van der Waals surface area contributed by atoms with Gasteiger partial charge in [-0.05, 0) is 22.7 Å². The summed E-state index contributed by atoms with van der Waals surface area (Å²) < 4.78 is 5.44. The molecular weight excluding hydrogens is 354 g/mol. The molecule has 0 spiro atoms. The van der Waals surface area contributed by atoms with Crippen LogP contribution in [0.25, 0.3) is 0 Å². The first-order chi connectivity index (χ1) is 12.3. The average Bonchev–Trinajstić information content (AvgIpc) is 2.65. The third-order valence-corrected chi connectivity index (χ3v) is 4.98. The number of ether oxygens (including phenoxy) is 1. The van der Waals surface area contributed by atoms with Crippen molar-refractivity contribution in [2.75, 3.05) is 18.8 Å². The van der Waals surface area contributed by atoms with Crippen molar-refractivity contribution in [2.24, 2.45) is 0 Å². The highest BCUT2D eigenvalue weighted by atomic mass is 35.7. The topological polar surface area (TPSA) is 29.5 Å². The molecular formula is C20H32ClNO2S. The van der Waals surface area contributed by atoms with E-state index in [4.69, 9.17) is 15.4 Å². The van der Waals surface area contributed by atoms with Gasteiger partial charge in [-0.25, -0.2) is 4.79 Å². The van der Waals surface area contributed by atoms with E-state index in [1.807, 2.05) is 30.3 Å². The van der Waals surface area contributed by atoms with Gasteiger partial charge in [-0.15, -0.1) is 0 Å². The van der Waals surface area contributed by atoms with Gasteiger partial charge in [-0.3, -0.25) is 0 Å². The Morgan fingerprint density at radius 3 is 2.28 bits per heavy atom. The van der Waals surface area contributed by atoms with Gasteiger partial charge in [0.05, 0.1) is 0 Å². The van der Waals surface area contributed by atoms with Gasteiger partial charge in [-0.2, -0.15) is 0 Å². The van der Waals surface area contributed by atoms with E-state index in [1.165, 1.54) is 55.9 Å². The van der Waals surface area contributed by atoms with E-state index in [0.717, 1.165) is 24.3 Å². The maximum absolute atomic E-state index is 12.3. The summed E-state index contributed by atoms with van der Waals surface area (Å²) in [5.74, 6) is 0.721. The Morgan fingerprint density at radius 2 is 1.64 bits per heavy atom. The summed E-state index contributed by atoms with van der Waals surface area (Å²) in [5, 5.41) is 0. The highest BCUT2D eigenvalue weighted by molar-refractivity contribution is 8.21. The van der Waals surface area contributed by atoms with Crippen molar-refractivity contribution in [3.8, 4) is 0 Å². The quantitative estimate of drug-likeness (QED) is 0.335. The molecule has 0 fully saturated rings. The lowest BCUT2D eigenvalue weighted by molar-refractivity contribution is 0.0977. The first-order valence-corrected chi connectivity index (χ1v) is 11.3. The molecule has 0 heterocycles. The highest BCUT2D eigenvalue weighted by Gasteiger charge is 2.14. The number of rotatable bonds is 14. The number of hydrogen-bond acceptors (Lipinski definition) is 3. The minimum Gasteiger partial charge on any atom is -0.445 e. The van der Waals surface area contributed by atoms with Gasteiger partial charge in [0, 0.05) is 18.8 Å². The number of unbranched alkanes of at least 4 members (excludes halogenated alkanes) is 7. The predicted octanol–water partition coefficient (Wildman–Crippen LogP) is 6.65. The van der Waals surface area contributed by atoms with Crippen molar-refractivity contribution in [2.45, 2.75) is 64.9 Å². The number of amides is 1. The molecule has 1 amide bonds. The van der Waals surface area contributed by atoms with E-state index in [0.29, 0.717) is 13.2 Å². The van der Waals surface area contributed by atoms with E-state index < -0.39 is 0 Å². The number of carbonyl (C=O) groups excluding carboxylic acids is 1. The summed E-state index contributed by atoms with van der Waals surface area (Å²) in [7, 11) is 6.94. The Bertz CT molecular complexity index is 445. The summed E-state index contributed by atoms with van der Waals surface area (Å²) in [6.45, 7) is 3.95. The van der Waals surface area contributed by atoms with Gasteiger partial charge in [0.15, 0.2) is 0 Å². The van der Waals surface area contributed by atoms with Crippen LogP contribution in [-0.4, -0.2) is 29.8 Å². The Balaban J connectivity index is 2.23. The molecule has 0 unspecified atom stereocenters. The fourth-order valence-corrected chi connectivity index (χ4v) is 3.18. The lowest BCUT2D eigenvalue weighted by Crippen LogP contribution is -2.34. The molecule has 1 aromatic rings. The van der Waals surface area contributed by atoms with E-state index in [1.54, 1.807) is 4.90 Å². The van der Waals surface area contributed by atoms with Crippen molar-refractivity contribution in [3.05, 3.63) is 35.9 Å². The molecule has 0 aliphatic heterocycles. The van der Waals surface area contributed by atoms with Crippen LogP contribution in [0.1, 0.15) is 63.9 Å². The minimum atomic E-state index is -0.238. The van der Waals surface area contributed by atoms with Gasteiger partial charge in [0.1, 0.15) is 6.61 Å². The molecule has 0 saturated heterocycles. The molecule has 142 valence electrons. The zero-order valence-corrected chi connectivity index (χ0v) is 17.0. The lowest BCUT2D eigenvalue weighted by Gasteiger charge is -2.21. The maximum atomic E-state index is 12.3. The lowest BCUT2D eigenvalue weighted by atomic mass is 10.1. The molecule has 1 aromatic carbocycles. The van der Waals surface area contributed by atoms with E-state index in [-0.39, 0.29) is 6.09 Å². The zero-order chi connectivity index (χ0) is 18.2. The van der Waals surface area contributed by atoms with Crippen molar-refractivity contribution in [1.82, 2.24) is 4.90 Å². The number of carbonyl (C=O) groups is 1. The number of benzene rings is 1. The fourth-order valence-electron chi connectivity index (χ4n) is 2.69. The van der Waals surface area contributed by atoms with Crippen molar-refractivity contribution in [3.63, 3.8) is 0 Å². The van der Waals surface area contributed by atoms with Crippen molar-refractivity contribution in [1.29, 1.82) is 0 Å². The molecule has 0 bridgehead atoms. The largest absolute Gasteiger partial charge is 0.445 e.